The number of aromatic nitrogens is 2. The summed E-state index contributed by atoms with van der Waals surface area (Å²) in [5, 5.41) is 7.76. The number of hydrogen-bond acceptors (Lipinski definition) is 5. The molecule has 1 saturated heterocycles. The zero-order valence-corrected chi connectivity index (χ0v) is 20.0. The van der Waals surface area contributed by atoms with Crippen LogP contribution in [0.15, 0.2) is 67.0 Å². The summed E-state index contributed by atoms with van der Waals surface area (Å²) in [5.74, 6) is -0.438. The van der Waals surface area contributed by atoms with Crippen LogP contribution in [0.3, 0.4) is 0 Å². The molecule has 178 valence electrons. The number of likely N-dealkylation sites (tertiary alicyclic amines) is 1. The lowest BCUT2D eigenvalue weighted by atomic mass is 9.96. The van der Waals surface area contributed by atoms with Crippen molar-refractivity contribution in [2.75, 3.05) is 30.8 Å². The fourth-order valence-electron chi connectivity index (χ4n) is 4.36. The fraction of sp³-hybridized carbons (Fsp3) is 0.222. The summed E-state index contributed by atoms with van der Waals surface area (Å²) >= 11 is 6.14. The van der Waals surface area contributed by atoms with Crippen molar-refractivity contribution in [3.63, 3.8) is 0 Å². The first-order chi connectivity index (χ1) is 17.0. The fourth-order valence-corrected chi connectivity index (χ4v) is 4.54. The molecule has 3 heterocycles. The molecule has 0 bridgehead atoms. The van der Waals surface area contributed by atoms with Gasteiger partial charge >= 0.3 is 0 Å². The van der Waals surface area contributed by atoms with Gasteiger partial charge in [0.15, 0.2) is 0 Å². The second-order valence-electron chi connectivity index (χ2n) is 8.81. The molecule has 6 nitrogen and oxygen atoms in total. The molecule has 0 unspecified atom stereocenters. The van der Waals surface area contributed by atoms with Crippen LogP contribution in [0.4, 0.5) is 21.5 Å². The van der Waals surface area contributed by atoms with E-state index in [4.69, 9.17) is 11.6 Å². The number of carbonyl (C=O) groups is 1. The van der Waals surface area contributed by atoms with E-state index in [1.807, 2.05) is 24.3 Å². The predicted octanol–water partition coefficient (Wildman–Crippen LogP) is 6.11. The number of nitrogens with one attached hydrogen (secondary N) is 2. The van der Waals surface area contributed by atoms with Crippen molar-refractivity contribution in [2.45, 2.75) is 12.8 Å². The summed E-state index contributed by atoms with van der Waals surface area (Å²) in [6, 6.07) is 15.6. The van der Waals surface area contributed by atoms with E-state index in [1.165, 1.54) is 12.1 Å². The number of carbonyl (C=O) groups excluding carboxylic acids is 1. The van der Waals surface area contributed by atoms with Crippen LogP contribution in [0, 0.1) is 11.7 Å². The van der Waals surface area contributed by atoms with Crippen LogP contribution in [-0.2, 0) is 4.79 Å². The zero-order valence-electron chi connectivity index (χ0n) is 19.3. The maximum atomic E-state index is 14.6. The van der Waals surface area contributed by atoms with Crippen LogP contribution in [0.25, 0.3) is 22.2 Å². The molecule has 1 aliphatic rings. The Labute approximate surface area is 208 Å². The van der Waals surface area contributed by atoms with E-state index < -0.39 is 5.82 Å². The van der Waals surface area contributed by atoms with Gasteiger partial charge in [0, 0.05) is 28.1 Å². The number of rotatable bonds is 5. The summed E-state index contributed by atoms with van der Waals surface area (Å²) in [5.41, 5.74) is 3.49. The van der Waals surface area contributed by atoms with Gasteiger partial charge in [-0.05, 0) is 69.4 Å². The van der Waals surface area contributed by atoms with E-state index in [-0.39, 0.29) is 11.8 Å². The molecular weight excluding hydrogens is 465 g/mol. The second-order valence-corrected chi connectivity index (χ2v) is 9.25. The molecule has 2 N–H and O–H groups in total. The monoisotopic (exact) mass is 489 g/mol. The molecule has 1 amide bonds. The van der Waals surface area contributed by atoms with Gasteiger partial charge in [-0.2, -0.15) is 0 Å². The lowest BCUT2D eigenvalue weighted by Crippen LogP contribution is -2.36. The third kappa shape index (κ3) is 5.11. The van der Waals surface area contributed by atoms with E-state index in [0.717, 1.165) is 37.0 Å². The van der Waals surface area contributed by atoms with Crippen LogP contribution in [0.5, 0.6) is 0 Å². The van der Waals surface area contributed by atoms with E-state index in [0.29, 0.717) is 33.2 Å². The van der Waals surface area contributed by atoms with Gasteiger partial charge in [-0.25, -0.2) is 9.37 Å². The van der Waals surface area contributed by atoms with Gasteiger partial charge in [0.25, 0.3) is 0 Å². The molecule has 0 aliphatic carbocycles. The van der Waals surface area contributed by atoms with Crippen molar-refractivity contribution < 1.29 is 9.18 Å². The van der Waals surface area contributed by atoms with Crippen molar-refractivity contribution in [3.8, 4) is 11.3 Å². The second kappa shape index (κ2) is 9.98. The van der Waals surface area contributed by atoms with Gasteiger partial charge < -0.3 is 15.5 Å². The molecular formula is C27H25ClFN5O. The van der Waals surface area contributed by atoms with Crippen molar-refractivity contribution in [1.29, 1.82) is 0 Å². The van der Waals surface area contributed by atoms with Crippen molar-refractivity contribution in [3.05, 3.63) is 77.8 Å². The predicted molar refractivity (Wildman–Crippen MR) is 139 cm³/mol. The minimum absolute atomic E-state index is 0.00424. The van der Waals surface area contributed by atoms with E-state index in [9.17, 15) is 9.18 Å². The number of benzene rings is 2. The Morgan fingerprint density at radius 1 is 1.06 bits per heavy atom. The minimum atomic E-state index is -0.405. The van der Waals surface area contributed by atoms with Gasteiger partial charge in [0.05, 0.1) is 34.5 Å². The minimum Gasteiger partial charge on any atom is -0.353 e. The van der Waals surface area contributed by atoms with Crippen LogP contribution < -0.4 is 10.6 Å². The standard InChI is InChI=1S/C27H25ClFN5O/c1-34-12-9-17(10-13-34)27(35)33-26-16-30-11-8-23(26)32-24-15-25(20-14-18(28)6-7-21(20)29)31-22-5-3-2-4-19(22)24/h2-8,11,14-17H,9-10,12-13H2,1H3,(H,33,35)(H,30,31,32). The summed E-state index contributed by atoms with van der Waals surface area (Å²) in [6.07, 6.45) is 4.95. The Bertz CT molecular complexity index is 1390. The highest BCUT2D eigenvalue weighted by Gasteiger charge is 2.24. The van der Waals surface area contributed by atoms with Crippen LogP contribution in [0.2, 0.25) is 5.02 Å². The van der Waals surface area contributed by atoms with E-state index in [1.54, 1.807) is 30.6 Å². The number of nitrogens with zero attached hydrogens (tertiary/aromatic N) is 3. The highest BCUT2D eigenvalue weighted by Crippen LogP contribution is 2.34. The average molecular weight is 490 g/mol. The first-order valence-corrected chi connectivity index (χ1v) is 11.9. The van der Waals surface area contributed by atoms with E-state index in [2.05, 4.69) is 32.5 Å². The maximum Gasteiger partial charge on any atom is 0.227 e. The molecule has 2 aromatic carbocycles. The molecule has 1 aliphatic heterocycles. The summed E-state index contributed by atoms with van der Waals surface area (Å²) in [7, 11) is 2.07. The SMILES string of the molecule is CN1CCC(C(=O)Nc2cnccc2Nc2cc(-c3cc(Cl)ccc3F)nc3ccccc23)CC1. The molecule has 0 saturated carbocycles. The van der Waals surface area contributed by atoms with Crippen molar-refractivity contribution in [2.24, 2.45) is 5.92 Å². The number of hydrogen-bond donors (Lipinski definition) is 2. The van der Waals surface area contributed by atoms with Crippen LogP contribution in [0.1, 0.15) is 12.8 Å². The number of pyridine rings is 2. The van der Waals surface area contributed by atoms with Gasteiger partial charge in [-0.1, -0.05) is 29.8 Å². The van der Waals surface area contributed by atoms with Gasteiger partial charge in [-0.15, -0.1) is 0 Å². The lowest BCUT2D eigenvalue weighted by molar-refractivity contribution is -0.121. The molecule has 1 fully saturated rings. The average Bonchev–Trinajstić information content (AvgIpc) is 2.87. The Morgan fingerprint density at radius 2 is 1.86 bits per heavy atom. The summed E-state index contributed by atoms with van der Waals surface area (Å²) in [4.78, 5) is 24.1. The van der Waals surface area contributed by atoms with Crippen molar-refractivity contribution >= 4 is 45.5 Å². The smallest absolute Gasteiger partial charge is 0.227 e. The van der Waals surface area contributed by atoms with Crippen molar-refractivity contribution in [1.82, 2.24) is 14.9 Å². The molecule has 4 aromatic rings. The first kappa shape index (κ1) is 23.2. The number of anilines is 3. The molecule has 0 radical (unpaired) electrons. The third-order valence-corrected chi connectivity index (χ3v) is 6.59. The highest BCUT2D eigenvalue weighted by molar-refractivity contribution is 6.30. The molecule has 0 spiro atoms. The quantitative estimate of drug-likeness (QED) is 0.354. The molecule has 35 heavy (non-hydrogen) atoms. The maximum absolute atomic E-state index is 14.6. The zero-order chi connectivity index (χ0) is 24.4. The van der Waals surface area contributed by atoms with Crippen LogP contribution in [-0.4, -0.2) is 40.9 Å². The number of piperidine rings is 1. The van der Waals surface area contributed by atoms with Crippen LogP contribution >= 0.6 is 11.6 Å². The topological polar surface area (TPSA) is 70.2 Å². The molecule has 8 heteroatoms. The number of halogens is 2. The first-order valence-electron chi connectivity index (χ1n) is 11.5. The third-order valence-electron chi connectivity index (χ3n) is 6.36. The number of fused-ring (bicyclic) bond motifs is 1. The lowest BCUT2D eigenvalue weighted by Gasteiger charge is -2.28. The summed E-state index contributed by atoms with van der Waals surface area (Å²) in [6.45, 7) is 1.81. The Hall–Kier alpha value is -3.55. The molecule has 2 aromatic heterocycles. The van der Waals surface area contributed by atoms with Gasteiger partial charge in [0.2, 0.25) is 5.91 Å². The van der Waals surface area contributed by atoms with E-state index >= 15 is 0 Å². The summed E-state index contributed by atoms with van der Waals surface area (Å²) < 4.78 is 14.6. The number of para-hydroxylation sites is 1. The van der Waals surface area contributed by atoms with Gasteiger partial charge in [0.1, 0.15) is 5.82 Å². The highest BCUT2D eigenvalue weighted by atomic mass is 35.5. The molecule has 0 atom stereocenters. The molecule has 5 rings (SSSR count). The Balaban J connectivity index is 1.49. The Kier molecular flexibility index (Phi) is 6.61. The largest absolute Gasteiger partial charge is 0.353 e. The number of amides is 1. The Morgan fingerprint density at radius 3 is 2.69 bits per heavy atom. The van der Waals surface area contributed by atoms with Gasteiger partial charge in [-0.3, -0.25) is 9.78 Å². The normalized spacial score (nSPS) is 14.7.